The van der Waals surface area contributed by atoms with E-state index in [1.54, 1.807) is 11.8 Å². The highest BCUT2D eigenvalue weighted by Crippen LogP contribution is 2.52. The number of rotatable bonds is 3. The summed E-state index contributed by atoms with van der Waals surface area (Å²) in [4.78, 5) is 1.21. The molecule has 0 aromatic heterocycles. The van der Waals surface area contributed by atoms with Gasteiger partial charge in [-0.2, -0.15) is 5.26 Å². The van der Waals surface area contributed by atoms with Gasteiger partial charge in [0, 0.05) is 4.90 Å². The number of hydrogen-bond acceptors (Lipinski definition) is 2. The predicted octanol–water partition coefficient (Wildman–Crippen LogP) is 4.11. The van der Waals surface area contributed by atoms with E-state index in [4.69, 9.17) is 0 Å². The highest BCUT2D eigenvalue weighted by molar-refractivity contribution is 8.01. The van der Waals surface area contributed by atoms with Gasteiger partial charge in [0.05, 0.1) is 6.07 Å². The van der Waals surface area contributed by atoms with Crippen molar-refractivity contribution in [3.8, 4) is 6.07 Å². The van der Waals surface area contributed by atoms with Crippen LogP contribution in [0.25, 0.3) is 0 Å². The molecule has 1 aromatic rings. The van der Waals surface area contributed by atoms with Gasteiger partial charge in [-0.05, 0) is 36.8 Å². The molecule has 0 unspecified atom stereocenters. The topological polar surface area (TPSA) is 23.8 Å². The average Bonchev–Trinajstić information content (AvgIpc) is 2.24. The molecule has 0 radical (unpaired) electrons. The molecule has 1 aliphatic carbocycles. The number of nitriles is 1. The highest BCUT2D eigenvalue weighted by atomic mass is 32.2. The second kappa shape index (κ2) is 4.51. The minimum absolute atomic E-state index is 0.156. The average molecular weight is 231 g/mol. The minimum atomic E-state index is -0.156. The Kier molecular flexibility index (Phi) is 3.25. The molecule has 16 heavy (non-hydrogen) atoms. The Labute approximate surface area is 102 Å². The first-order valence-corrected chi connectivity index (χ1v) is 6.62. The van der Waals surface area contributed by atoms with Crippen molar-refractivity contribution in [1.82, 2.24) is 0 Å². The number of hydrogen-bond donors (Lipinski definition) is 0. The van der Waals surface area contributed by atoms with Crippen LogP contribution in [0.4, 0.5) is 0 Å². The first kappa shape index (κ1) is 11.5. The van der Waals surface area contributed by atoms with Crippen molar-refractivity contribution in [2.24, 2.45) is 11.8 Å². The van der Waals surface area contributed by atoms with Gasteiger partial charge in [0.15, 0.2) is 0 Å². The highest BCUT2D eigenvalue weighted by Gasteiger charge is 2.46. The van der Waals surface area contributed by atoms with Crippen molar-refractivity contribution in [2.45, 2.75) is 36.3 Å². The van der Waals surface area contributed by atoms with Crippen molar-refractivity contribution in [2.75, 3.05) is 0 Å². The third-order valence-corrected chi connectivity index (χ3v) is 4.71. The Balaban J connectivity index is 2.02. The van der Waals surface area contributed by atoms with E-state index in [9.17, 15) is 5.26 Å². The van der Waals surface area contributed by atoms with Crippen LogP contribution in [-0.2, 0) is 0 Å². The molecule has 0 bridgehead atoms. The zero-order valence-corrected chi connectivity index (χ0v) is 10.6. The lowest BCUT2D eigenvalue weighted by molar-refractivity contribution is 0.207. The van der Waals surface area contributed by atoms with Gasteiger partial charge in [-0.25, -0.2) is 0 Å². The molecule has 0 atom stereocenters. The summed E-state index contributed by atoms with van der Waals surface area (Å²) in [5.41, 5.74) is 0. The van der Waals surface area contributed by atoms with E-state index in [-0.39, 0.29) is 4.75 Å². The largest absolute Gasteiger partial charge is 0.197 e. The Morgan fingerprint density at radius 3 is 2.44 bits per heavy atom. The lowest BCUT2D eigenvalue weighted by Crippen LogP contribution is -2.41. The van der Waals surface area contributed by atoms with E-state index in [0.717, 1.165) is 18.8 Å². The normalized spacial score (nSPS) is 28.5. The fourth-order valence-electron chi connectivity index (χ4n) is 2.17. The maximum absolute atomic E-state index is 9.33. The first-order chi connectivity index (χ1) is 7.65. The van der Waals surface area contributed by atoms with Gasteiger partial charge in [0.1, 0.15) is 4.75 Å². The van der Waals surface area contributed by atoms with E-state index >= 15 is 0 Å². The lowest BCUT2D eigenvalue weighted by atomic mass is 9.69. The van der Waals surface area contributed by atoms with E-state index < -0.39 is 0 Å². The van der Waals surface area contributed by atoms with Gasteiger partial charge >= 0.3 is 0 Å². The summed E-state index contributed by atoms with van der Waals surface area (Å²) >= 11 is 1.74. The molecule has 0 amide bonds. The number of benzene rings is 1. The molecule has 0 heterocycles. The SMILES string of the molecule is CC(C)C1CC(C#N)(Sc2ccccc2)C1. The monoisotopic (exact) mass is 231 g/mol. The van der Waals surface area contributed by atoms with Crippen LogP contribution in [0.1, 0.15) is 26.7 Å². The Hall–Kier alpha value is -0.940. The Morgan fingerprint density at radius 1 is 1.31 bits per heavy atom. The summed E-state index contributed by atoms with van der Waals surface area (Å²) in [5.74, 6) is 1.44. The fourth-order valence-corrected chi connectivity index (χ4v) is 3.56. The molecule has 0 saturated heterocycles. The van der Waals surface area contributed by atoms with Crippen molar-refractivity contribution < 1.29 is 0 Å². The van der Waals surface area contributed by atoms with Gasteiger partial charge < -0.3 is 0 Å². The summed E-state index contributed by atoms with van der Waals surface area (Å²) in [7, 11) is 0. The maximum Gasteiger partial charge on any atom is 0.108 e. The van der Waals surface area contributed by atoms with Crippen LogP contribution in [0.2, 0.25) is 0 Å². The summed E-state index contributed by atoms with van der Waals surface area (Å²) in [6.45, 7) is 4.50. The zero-order valence-electron chi connectivity index (χ0n) is 9.81. The molecule has 2 heteroatoms. The molecular weight excluding hydrogens is 214 g/mol. The smallest absolute Gasteiger partial charge is 0.108 e. The van der Waals surface area contributed by atoms with Gasteiger partial charge in [0.25, 0.3) is 0 Å². The molecule has 1 nitrogen and oxygen atoms in total. The molecule has 84 valence electrons. The lowest BCUT2D eigenvalue weighted by Gasteiger charge is -2.44. The van der Waals surface area contributed by atoms with Gasteiger partial charge in [-0.3, -0.25) is 0 Å². The molecule has 0 aliphatic heterocycles. The Bertz CT molecular complexity index is 385. The van der Waals surface area contributed by atoms with Crippen LogP contribution in [-0.4, -0.2) is 4.75 Å². The molecule has 1 saturated carbocycles. The van der Waals surface area contributed by atoms with Crippen molar-refractivity contribution in [1.29, 1.82) is 5.26 Å². The van der Waals surface area contributed by atoms with E-state index in [1.807, 2.05) is 18.2 Å². The second-order valence-corrected chi connectivity index (χ2v) is 6.39. The summed E-state index contributed by atoms with van der Waals surface area (Å²) in [6.07, 6.45) is 2.08. The second-order valence-electron chi connectivity index (χ2n) is 4.93. The van der Waals surface area contributed by atoms with E-state index in [0.29, 0.717) is 5.92 Å². The minimum Gasteiger partial charge on any atom is -0.197 e. The van der Waals surface area contributed by atoms with Crippen LogP contribution in [0, 0.1) is 23.2 Å². The first-order valence-electron chi connectivity index (χ1n) is 5.80. The number of thioether (sulfide) groups is 1. The summed E-state index contributed by atoms with van der Waals surface area (Å²) < 4.78 is -0.156. The van der Waals surface area contributed by atoms with Crippen molar-refractivity contribution in [3.63, 3.8) is 0 Å². The van der Waals surface area contributed by atoms with E-state index in [1.165, 1.54) is 4.90 Å². The third-order valence-electron chi connectivity index (χ3n) is 3.39. The molecule has 0 N–H and O–H groups in total. The predicted molar refractivity (Wildman–Crippen MR) is 68.2 cm³/mol. The van der Waals surface area contributed by atoms with Crippen LogP contribution in [0.3, 0.4) is 0 Å². The zero-order chi connectivity index (χ0) is 11.6. The van der Waals surface area contributed by atoms with Crippen LogP contribution < -0.4 is 0 Å². The van der Waals surface area contributed by atoms with Crippen LogP contribution >= 0.6 is 11.8 Å². The Morgan fingerprint density at radius 2 is 1.94 bits per heavy atom. The van der Waals surface area contributed by atoms with Crippen molar-refractivity contribution >= 4 is 11.8 Å². The number of nitrogens with zero attached hydrogens (tertiary/aromatic N) is 1. The van der Waals surface area contributed by atoms with E-state index in [2.05, 4.69) is 32.0 Å². The fraction of sp³-hybridized carbons (Fsp3) is 0.500. The van der Waals surface area contributed by atoms with Gasteiger partial charge in [-0.1, -0.05) is 32.0 Å². The van der Waals surface area contributed by atoms with Crippen LogP contribution in [0.5, 0.6) is 0 Å². The summed E-state index contributed by atoms with van der Waals surface area (Å²) in [6, 6.07) is 12.8. The molecule has 0 spiro atoms. The standard InChI is InChI=1S/C14H17NS/c1-11(2)12-8-14(9-12,10-15)16-13-6-4-3-5-7-13/h3-7,11-12H,8-9H2,1-2H3. The van der Waals surface area contributed by atoms with Gasteiger partial charge in [-0.15, -0.1) is 11.8 Å². The third kappa shape index (κ3) is 2.25. The molecule has 1 fully saturated rings. The molecule has 1 aromatic carbocycles. The van der Waals surface area contributed by atoms with Crippen LogP contribution in [0.15, 0.2) is 35.2 Å². The molecule has 2 rings (SSSR count). The van der Waals surface area contributed by atoms with Crippen molar-refractivity contribution in [3.05, 3.63) is 30.3 Å². The molecule has 1 aliphatic rings. The quantitative estimate of drug-likeness (QED) is 0.781. The maximum atomic E-state index is 9.33. The van der Waals surface area contributed by atoms with Gasteiger partial charge in [0.2, 0.25) is 0 Å². The molecular formula is C14H17NS. The summed E-state index contributed by atoms with van der Waals surface area (Å²) in [5, 5.41) is 9.33.